The molecular formula is C16H27IOSi. The smallest absolute Gasteiger partial charge is 0.250 e. The van der Waals surface area contributed by atoms with Gasteiger partial charge in [-0.3, -0.25) is 0 Å². The molecule has 0 N–H and O–H groups in total. The Kier molecular flexibility index (Phi) is 4.83. The molecule has 1 nitrogen and oxygen atoms in total. The van der Waals surface area contributed by atoms with Crippen molar-refractivity contribution < 1.29 is 4.43 Å². The molecule has 1 rings (SSSR count). The lowest BCUT2D eigenvalue weighted by Gasteiger charge is -2.38. The molecule has 0 aromatic heterocycles. The van der Waals surface area contributed by atoms with Crippen LogP contribution in [-0.4, -0.2) is 8.32 Å². The maximum absolute atomic E-state index is 6.51. The van der Waals surface area contributed by atoms with Crippen molar-refractivity contribution in [2.45, 2.75) is 65.1 Å². The van der Waals surface area contributed by atoms with Crippen LogP contribution in [0.15, 0.2) is 18.2 Å². The minimum absolute atomic E-state index is 0.110. The molecule has 0 saturated carbocycles. The predicted molar refractivity (Wildman–Crippen MR) is 95.7 cm³/mol. The van der Waals surface area contributed by atoms with E-state index in [4.69, 9.17) is 4.43 Å². The first-order chi connectivity index (χ1) is 8.34. The summed E-state index contributed by atoms with van der Waals surface area (Å²) in [6, 6.07) is 6.53. The average molecular weight is 390 g/mol. The molecule has 0 aliphatic heterocycles. The van der Waals surface area contributed by atoms with Gasteiger partial charge in [-0.1, -0.05) is 41.5 Å². The molecule has 108 valence electrons. The molecule has 0 unspecified atom stereocenters. The summed E-state index contributed by atoms with van der Waals surface area (Å²) in [7, 11) is -1.78. The van der Waals surface area contributed by atoms with Crippen molar-refractivity contribution in [1.29, 1.82) is 0 Å². The van der Waals surface area contributed by atoms with Crippen molar-refractivity contribution in [3.05, 3.63) is 27.3 Å². The SMILES string of the molecule is CC(C)(C)c1cc(I)ccc1O[Si](C)(C)C(C)(C)C. The molecule has 19 heavy (non-hydrogen) atoms. The van der Waals surface area contributed by atoms with Gasteiger partial charge in [-0.25, -0.2) is 0 Å². The molecule has 0 atom stereocenters. The third-order valence-corrected chi connectivity index (χ3v) is 8.93. The highest BCUT2D eigenvalue weighted by Crippen LogP contribution is 2.40. The topological polar surface area (TPSA) is 9.23 Å². The molecule has 0 heterocycles. The predicted octanol–water partition coefficient (Wildman–Crippen LogP) is 5.97. The summed E-state index contributed by atoms with van der Waals surface area (Å²) < 4.78 is 7.78. The summed E-state index contributed by atoms with van der Waals surface area (Å²) in [5.41, 5.74) is 1.42. The Labute approximate surface area is 133 Å². The first-order valence-electron chi connectivity index (χ1n) is 6.84. The number of halogens is 1. The Balaban J connectivity index is 3.23. The molecular weight excluding hydrogens is 363 g/mol. The van der Waals surface area contributed by atoms with Gasteiger partial charge in [-0.15, -0.1) is 0 Å². The Morgan fingerprint density at radius 3 is 1.95 bits per heavy atom. The maximum atomic E-state index is 6.51. The van der Waals surface area contributed by atoms with E-state index in [0.717, 1.165) is 5.75 Å². The van der Waals surface area contributed by atoms with Gasteiger partial charge in [-0.05, 0) is 69.9 Å². The van der Waals surface area contributed by atoms with E-state index in [0.29, 0.717) is 0 Å². The highest BCUT2D eigenvalue weighted by atomic mass is 127. The third-order valence-electron chi connectivity index (χ3n) is 3.92. The van der Waals surface area contributed by atoms with Gasteiger partial charge in [-0.2, -0.15) is 0 Å². The highest BCUT2D eigenvalue weighted by Gasteiger charge is 2.39. The highest BCUT2D eigenvalue weighted by molar-refractivity contribution is 14.1. The monoisotopic (exact) mass is 390 g/mol. The molecule has 3 heteroatoms. The van der Waals surface area contributed by atoms with Gasteiger partial charge < -0.3 is 4.43 Å². The van der Waals surface area contributed by atoms with Crippen molar-refractivity contribution in [2.75, 3.05) is 0 Å². The summed E-state index contributed by atoms with van der Waals surface area (Å²) in [5, 5.41) is 0.227. The van der Waals surface area contributed by atoms with Crippen LogP contribution in [0.5, 0.6) is 5.75 Å². The normalized spacial score (nSPS) is 13.5. The molecule has 0 saturated heterocycles. The van der Waals surface area contributed by atoms with Crippen molar-refractivity contribution >= 4 is 30.9 Å². The van der Waals surface area contributed by atoms with Crippen LogP contribution < -0.4 is 4.43 Å². The van der Waals surface area contributed by atoms with Crippen LogP contribution in [-0.2, 0) is 5.41 Å². The van der Waals surface area contributed by atoms with Crippen LogP contribution in [0.3, 0.4) is 0 Å². The molecule has 1 aromatic rings. The second-order valence-electron chi connectivity index (χ2n) is 7.75. The van der Waals surface area contributed by atoms with E-state index in [-0.39, 0.29) is 10.5 Å². The summed E-state index contributed by atoms with van der Waals surface area (Å²) in [6.45, 7) is 18.2. The van der Waals surface area contributed by atoms with Crippen LogP contribution in [0.25, 0.3) is 0 Å². The second-order valence-corrected chi connectivity index (χ2v) is 13.7. The van der Waals surface area contributed by atoms with Crippen LogP contribution in [0, 0.1) is 3.57 Å². The van der Waals surface area contributed by atoms with Crippen LogP contribution in [0.4, 0.5) is 0 Å². The number of hydrogen-bond acceptors (Lipinski definition) is 1. The Bertz CT molecular complexity index is 453. The van der Waals surface area contributed by atoms with Crippen molar-refractivity contribution in [1.82, 2.24) is 0 Å². The molecule has 0 fully saturated rings. The van der Waals surface area contributed by atoms with Gasteiger partial charge >= 0.3 is 0 Å². The van der Waals surface area contributed by atoms with Gasteiger partial charge in [0.1, 0.15) is 5.75 Å². The maximum Gasteiger partial charge on any atom is 0.250 e. The Hall–Kier alpha value is -0.0331. The van der Waals surface area contributed by atoms with Gasteiger partial charge in [0, 0.05) is 3.57 Å². The molecule has 0 aliphatic rings. The zero-order chi connectivity index (χ0) is 15.1. The lowest BCUT2D eigenvalue weighted by Crippen LogP contribution is -2.44. The first-order valence-corrected chi connectivity index (χ1v) is 10.8. The van der Waals surface area contributed by atoms with Crippen molar-refractivity contribution in [3.63, 3.8) is 0 Å². The quantitative estimate of drug-likeness (QED) is 0.446. The first kappa shape index (κ1) is 17.0. The van der Waals surface area contributed by atoms with Gasteiger partial charge in [0.05, 0.1) is 0 Å². The van der Waals surface area contributed by atoms with Gasteiger partial charge in [0.2, 0.25) is 8.32 Å². The van der Waals surface area contributed by atoms with Crippen LogP contribution in [0.2, 0.25) is 18.1 Å². The minimum Gasteiger partial charge on any atom is -0.543 e. The summed E-state index contributed by atoms with van der Waals surface area (Å²) in [6.07, 6.45) is 0. The standard InChI is InChI=1S/C16H27IOSi/c1-15(2,3)13-11-12(17)9-10-14(13)18-19(7,8)16(4,5)6/h9-11H,1-8H3. The average Bonchev–Trinajstić information content (AvgIpc) is 2.17. The van der Waals surface area contributed by atoms with Crippen molar-refractivity contribution in [2.24, 2.45) is 0 Å². The van der Waals surface area contributed by atoms with Crippen LogP contribution >= 0.6 is 22.6 Å². The summed E-state index contributed by atoms with van der Waals surface area (Å²) >= 11 is 2.37. The lowest BCUT2D eigenvalue weighted by molar-refractivity contribution is 0.468. The number of rotatable bonds is 2. The van der Waals surface area contributed by atoms with E-state index in [1.54, 1.807) is 0 Å². The van der Waals surface area contributed by atoms with Gasteiger partial charge in [0.25, 0.3) is 0 Å². The van der Waals surface area contributed by atoms with E-state index in [9.17, 15) is 0 Å². The molecule has 0 amide bonds. The zero-order valence-electron chi connectivity index (χ0n) is 13.5. The van der Waals surface area contributed by atoms with Crippen molar-refractivity contribution in [3.8, 4) is 5.75 Å². The Morgan fingerprint density at radius 1 is 1.00 bits per heavy atom. The number of benzene rings is 1. The molecule has 0 aliphatic carbocycles. The lowest BCUT2D eigenvalue weighted by atomic mass is 9.86. The molecule has 1 aromatic carbocycles. The van der Waals surface area contributed by atoms with Gasteiger partial charge in [0.15, 0.2) is 0 Å². The zero-order valence-corrected chi connectivity index (χ0v) is 16.7. The van der Waals surface area contributed by atoms with Crippen LogP contribution in [0.1, 0.15) is 47.1 Å². The fourth-order valence-electron chi connectivity index (χ4n) is 1.61. The number of hydrogen-bond donors (Lipinski definition) is 0. The van der Waals surface area contributed by atoms with E-state index in [2.05, 4.69) is 95.4 Å². The minimum atomic E-state index is -1.78. The summed E-state index contributed by atoms with van der Waals surface area (Å²) in [4.78, 5) is 0. The molecule has 0 bridgehead atoms. The molecule has 0 spiro atoms. The fraction of sp³-hybridized carbons (Fsp3) is 0.625. The second kappa shape index (κ2) is 5.39. The fourth-order valence-corrected chi connectivity index (χ4v) is 3.13. The third kappa shape index (κ3) is 4.21. The van der Waals surface area contributed by atoms with E-state index in [1.165, 1.54) is 9.13 Å². The molecule has 0 radical (unpaired) electrons. The van der Waals surface area contributed by atoms with E-state index >= 15 is 0 Å². The Morgan fingerprint density at radius 2 is 1.53 bits per heavy atom. The van der Waals surface area contributed by atoms with E-state index in [1.807, 2.05) is 0 Å². The van der Waals surface area contributed by atoms with E-state index < -0.39 is 8.32 Å². The largest absolute Gasteiger partial charge is 0.543 e. The summed E-state index contributed by atoms with van der Waals surface area (Å²) in [5.74, 6) is 1.07.